The van der Waals surface area contributed by atoms with Gasteiger partial charge in [-0.15, -0.1) is 0 Å². The third kappa shape index (κ3) is 3.46. The predicted molar refractivity (Wildman–Crippen MR) is 92.1 cm³/mol. The van der Waals surface area contributed by atoms with E-state index in [1.54, 1.807) is 17.0 Å². The first-order chi connectivity index (χ1) is 11.5. The Kier molecular flexibility index (Phi) is 4.62. The first kappa shape index (κ1) is 16.2. The molecule has 0 radical (unpaired) electrons. The molecule has 0 saturated heterocycles. The summed E-state index contributed by atoms with van der Waals surface area (Å²) >= 11 is 0. The Balaban J connectivity index is 1.59. The average Bonchev–Trinajstić information content (AvgIpc) is 2.59. The molecule has 1 amide bonds. The number of nitrogens with zero attached hydrogens (tertiary/aromatic N) is 1. The molecule has 0 aliphatic carbocycles. The van der Waals surface area contributed by atoms with Crippen molar-refractivity contribution in [1.82, 2.24) is 5.32 Å². The minimum Gasteiger partial charge on any atom is -0.478 e. The summed E-state index contributed by atoms with van der Waals surface area (Å²) in [6.07, 6.45) is 1.36. The first-order valence-corrected chi connectivity index (χ1v) is 7.96. The molecule has 2 N–H and O–H groups in total. The number of hydrogen-bond donors (Lipinski definition) is 2. The second-order valence-electron chi connectivity index (χ2n) is 6.02. The molecule has 5 heteroatoms. The van der Waals surface area contributed by atoms with E-state index >= 15 is 0 Å². The van der Waals surface area contributed by atoms with Gasteiger partial charge in [0, 0.05) is 32.2 Å². The van der Waals surface area contributed by atoms with Gasteiger partial charge < -0.3 is 15.3 Å². The fourth-order valence-corrected chi connectivity index (χ4v) is 2.94. The van der Waals surface area contributed by atoms with Crippen LogP contribution in [0.3, 0.4) is 0 Å². The van der Waals surface area contributed by atoms with Crippen LogP contribution in [0.15, 0.2) is 42.5 Å². The number of anilines is 1. The van der Waals surface area contributed by atoms with Gasteiger partial charge in [-0.25, -0.2) is 4.79 Å². The van der Waals surface area contributed by atoms with Crippen molar-refractivity contribution in [1.29, 1.82) is 0 Å². The van der Waals surface area contributed by atoms with Crippen molar-refractivity contribution >= 4 is 17.6 Å². The molecule has 0 spiro atoms. The van der Waals surface area contributed by atoms with Crippen LogP contribution in [-0.4, -0.2) is 24.0 Å². The number of aromatic carboxylic acids is 1. The number of aryl methyl sites for hydroxylation is 1. The maximum Gasteiger partial charge on any atom is 0.335 e. The molecule has 0 unspecified atom stereocenters. The molecule has 2 aromatic rings. The number of carboxylic acids is 1. The van der Waals surface area contributed by atoms with Crippen molar-refractivity contribution < 1.29 is 14.7 Å². The number of hydrogen-bond acceptors (Lipinski definition) is 3. The van der Waals surface area contributed by atoms with E-state index in [1.807, 2.05) is 31.3 Å². The van der Waals surface area contributed by atoms with E-state index in [-0.39, 0.29) is 5.91 Å². The summed E-state index contributed by atoms with van der Waals surface area (Å²) < 4.78 is 0. The molecule has 124 valence electrons. The van der Waals surface area contributed by atoms with Gasteiger partial charge in [-0.3, -0.25) is 4.79 Å². The minimum atomic E-state index is -0.910. The van der Waals surface area contributed by atoms with Crippen LogP contribution in [-0.2, 0) is 24.3 Å². The van der Waals surface area contributed by atoms with E-state index in [0.717, 1.165) is 24.2 Å². The van der Waals surface area contributed by atoms with E-state index in [9.17, 15) is 9.59 Å². The third-order valence-corrected chi connectivity index (χ3v) is 4.35. The summed E-state index contributed by atoms with van der Waals surface area (Å²) in [4.78, 5) is 24.3. The summed E-state index contributed by atoms with van der Waals surface area (Å²) in [7, 11) is 1.82. The number of carboxylic acid groups (broad SMARTS) is 1. The lowest BCUT2D eigenvalue weighted by atomic mass is 9.99. The Morgan fingerprint density at radius 2 is 1.75 bits per heavy atom. The Bertz CT molecular complexity index is 769. The number of carbonyl (C=O) groups excluding carboxylic acids is 1. The standard InChI is InChI=1S/C19H20N2O3/c1-21-17-8-4-14(10-16(17)7-9-18(21)22)12-20-11-13-2-5-15(6-3-13)19(23)24/h2-6,8,10,20H,7,9,11-12H2,1H3,(H,23,24). The molecule has 0 saturated carbocycles. The predicted octanol–water partition coefficient (Wildman–Crippen LogP) is 2.58. The molecular weight excluding hydrogens is 304 g/mol. The Labute approximate surface area is 140 Å². The lowest BCUT2D eigenvalue weighted by molar-refractivity contribution is -0.118. The van der Waals surface area contributed by atoms with Gasteiger partial charge in [0.15, 0.2) is 0 Å². The molecule has 1 aliphatic heterocycles. The maximum atomic E-state index is 11.7. The van der Waals surface area contributed by atoms with Gasteiger partial charge in [0.2, 0.25) is 5.91 Å². The fraction of sp³-hybridized carbons (Fsp3) is 0.263. The van der Waals surface area contributed by atoms with E-state index in [2.05, 4.69) is 11.4 Å². The second kappa shape index (κ2) is 6.84. The quantitative estimate of drug-likeness (QED) is 0.887. The number of rotatable bonds is 5. The summed E-state index contributed by atoms with van der Waals surface area (Å²) in [5, 5.41) is 12.3. The second-order valence-corrected chi connectivity index (χ2v) is 6.02. The average molecular weight is 324 g/mol. The van der Waals surface area contributed by atoms with Crippen molar-refractivity contribution in [3.05, 3.63) is 64.7 Å². The fourth-order valence-electron chi connectivity index (χ4n) is 2.94. The molecule has 2 aromatic carbocycles. The maximum absolute atomic E-state index is 11.7. The highest BCUT2D eigenvalue weighted by atomic mass is 16.4. The largest absolute Gasteiger partial charge is 0.478 e. The molecule has 0 aromatic heterocycles. The van der Waals surface area contributed by atoms with E-state index in [0.29, 0.717) is 18.5 Å². The van der Waals surface area contributed by atoms with Crippen molar-refractivity contribution in [2.75, 3.05) is 11.9 Å². The topological polar surface area (TPSA) is 69.6 Å². The van der Waals surface area contributed by atoms with Crippen molar-refractivity contribution in [2.45, 2.75) is 25.9 Å². The van der Waals surface area contributed by atoms with Gasteiger partial charge in [0.05, 0.1) is 5.56 Å². The lowest BCUT2D eigenvalue weighted by Gasteiger charge is -2.26. The minimum absolute atomic E-state index is 0.165. The zero-order valence-corrected chi connectivity index (χ0v) is 13.6. The van der Waals surface area contributed by atoms with Crippen LogP contribution in [0.5, 0.6) is 0 Å². The Morgan fingerprint density at radius 3 is 2.46 bits per heavy atom. The van der Waals surface area contributed by atoms with Gasteiger partial charge in [-0.05, 0) is 41.3 Å². The number of amides is 1. The molecule has 0 fully saturated rings. The van der Waals surface area contributed by atoms with Crippen molar-refractivity contribution in [3.8, 4) is 0 Å². The van der Waals surface area contributed by atoms with E-state index in [1.165, 1.54) is 11.1 Å². The molecular formula is C19H20N2O3. The molecule has 24 heavy (non-hydrogen) atoms. The summed E-state index contributed by atoms with van der Waals surface area (Å²) in [5.41, 5.74) is 4.73. The molecule has 0 bridgehead atoms. The number of nitrogens with one attached hydrogen (secondary N) is 1. The van der Waals surface area contributed by atoms with Crippen LogP contribution < -0.4 is 10.2 Å². The summed E-state index contributed by atoms with van der Waals surface area (Å²) in [5.74, 6) is -0.745. The van der Waals surface area contributed by atoms with Gasteiger partial charge in [-0.1, -0.05) is 24.3 Å². The van der Waals surface area contributed by atoms with E-state index < -0.39 is 5.97 Å². The van der Waals surface area contributed by atoms with Gasteiger partial charge in [0.25, 0.3) is 0 Å². The molecule has 1 heterocycles. The third-order valence-electron chi connectivity index (χ3n) is 4.35. The lowest BCUT2D eigenvalue weighted by Crippen LogP contribution is -2.31. The zero-order chi connectivity index (χ0) is 17.1. The van der Waals surface area contributed by atoms with Gasteiger partial charge >= 0.3 is 5.97 Å². The first-order valence-electron chi connectivity index (χ1n) is 7.96. The summed E-state index contributed by atoms with van der Waals surface area (Å²) in [6.45, 7) is 1.40. The van der Waals surface area contributed by atoms with Crippen LogP contribution in [0.2, 0.25) is 0 Å². The van der Waals surface area contributed by atoms with Crippen LogP contribution >= 0.6 is 0 Å². The van der Waals surface area contributed by atoms with Crippen LogP contribution in [0, 0.1) is 0 Å². The Morgan fingerprint density at radius 1 is 1.08 bits per heavy atom. The monoisotopic (exact) mass is 324 g/mol. The highest BCUT2D eigenvalue weighted by molar-refractivity contribution is 5.95. The van der Waals surface area contributed by atoms with Gasteiger partial charge in [0.1, 0.15) is 0 Å². The van der Waals surface area contributed by atoms with Crippen LogP contribution in [0.25, 0.3) is 0 Å². The molecule has 0 atom stereocenters. The number of carbonyl (C=O) groups is 2. The summed E-state index contributed by atoms with van der Waals surface area (Å²) in [6, 6.07) is 13.1. The normalized spacial score (nSPS) is 13.7. The van der Waals surface area contributed by atoms with Crippen LogP contribution in [0.4, 0.5) is 5.69 Å². The van der Waals surface area contributed by atoms with Gasteiger partial charge in [-0.2, -0.15) is 0 Å². The van der Waals surface area contributed by atoms with Crippen molar-refractivity contribution in [2.24, 2.45) is 0 Å². The highest BCUT2D eigenvalue weighted by Crippen LogP contribution is 2.27. The number of benzene rings is 2. The SMILES string of the molecule is CN1C(=O)CCc2cc(CNCc3ccc(C(=O)O)cc3)ccc21. The molecule has 3 rings (SSSR count). The smallest absolute Gasteiger partial charge is 0.335 e. The zero-order valence-electron chi connectivity index (χ0n) is 13.6. The Hall–Kier alpha value is -2.66. The molecule has 5 nitrogen and oxygen atoms in total. The van der Waals surface area contributed by atoms with Crippen molar-refractivity contribution in [3.63, 3.8) is 0 Å². The van der Waals surface area contributed by atoms with Crippen LogP contribution in [0.1, 0.15) is 33.5 Å². The molecule has 1 aliphatic rings. The number of fused-ring (bicyclic) bond motifs is 1. The highest BCUT2D eigenvalue weighted by Gasteiger charge is 2.20. The van der Waals surface area contributed by atoms with E-state index in [4.69, 9.17) is 5.11 Å².